The molecule has 2 heterocycles. The number of thiophene rings is 1. The van der Waals surface area contributed by atoms with E-state index in [4.69, 9.17) is 9.72 Å². The van der Waals surface area contributed by atoms with E-state index in [1.165, 1.54) is 9.44 Å². The Morgan fingerprint density at radius 3 is 2.80 bits per heavy atom. The Morgan fingerprint density at radius 1 is 1.37 bits per heavy atom. The molecule has 3 aromatic rings. The summed E-state index contributed by atoms with van der Waals surface area (Å²) in [6.45, 7) is 5.33. The number of benzene rings is 1. The van der Waals surface area contributed by atoms with Crippen molar-refractivity contribution in [2.24, 2.45) is 5.92 Å². The average Bonchev–Trinajstić information content (AvgIpc) is 3.05. The molecule has 4 rings (SSSR count). The van der Waals surface area contributed by atoms with Crippen LogP contribution in [0.2, 0.25) is 0 Å². The topological polar surface area (TPSA) is 81.4 Å². The number of hydrogen-bond donors (Lipinski definition) is 1. The molecule has 0 saturated carbocycles. The minimum absolute atomic E-state index is 0.260. The number of carboxylic acid groups (broad SMARTS) is 1. The highest BCUT2D eigenvalue weighted by Gasteiger charge is 2.35. The molecule has 158 valence electrons. The van der Waals surface area contributed by atoms with Crippen LogP contribution in [0.25, 0.3) is 10.2 Å². The van der Waals surface area contributed by atoms with Crippen LogP contribution >= 0.6 is 11.3 Å². The Morgan fingerprint density at radius 2 is 2.10 bits per heavy atom. The van der Waals surface area contributed by atoms with Gasteiger partial charge in [-0.1, -0.05) is 25.1 Å². The van der Waals surface area contributed by atoms with Gasteiger partial charge in [0.2, 0.25) is 0 Å². The van der Waals surface area contributed by atoms with Crippen LogP contribution in [-0.2, 0) is 29.6 Å². The zero-order chi connectivity index (χ0) is 21.6. The normalized spacial score (nSPS) is 16.5. The van der Waals surface area contributed by atoms with E-state index < -0.39 is 11.5 Å². The molecule has 0 spiro atoms. The molecule has 30 heavy (non-hydrogen) atoms. The van der Waals surface area contributed by atoms with E-state index in [-0.39, 0.29) is 5.56 Å². The van der Waals surface area contributed by atoms with Crippen molar-refractivity contribution < 1.29 is 14.6 Å². The van der Waals surface area contributed by atoms with Crippen molar-refractivity contribution >= 4 is 27.5 Å². The second-order valence-corrected chi connectivity index (χ2v) is 9.64. The zero-order valence-corrected chi connectivity index (χ0v) is 18.5. The van der Waals surface area contributed by atoms with Gasteiger partial charge >= 0.3 is 5.97 Å². The number of nitrogens with zero attached hydrogens (tertiary/aromatic N) is 2. The summed E-state index contributed by atoms with van der Waals surface area (Å²) in [5, 5.41) is 10.5. The summed E-state index contributed by atoms with van der Waals surface area (Å²) in [4.78, 5) is 32.6. The fourth-order valence-corrected chi connectivity index (χ4v) is 5.63. The SMILES string of the molecule is COc1ccccc1Cc1nc2sc3c(c2c(=O)n1C(C)(C)C(=O)O)CCC(C)C3. The van der Waals surface area contributed by atoms with Crippen molar-refractivity contribution in [1.29, 1.82) is 0 Å². The minimum Gasteiger partial charge on any atom is -0.496 e. The maximum Gasteiger partial charge on any atom is 0.329 e. The summed E-state index contributed by atoms with van der Waals surface area (Å²) in [5.41, 5.74) is 0.233. The van der Waals surface area contributed by atoms with Crippen LogP contribution in [0.4, 0.5) is 0 Å². The number of hydrogen-bond acceptors (Lipinski definition) is 5. The van der Waals surface area contributed by atoms with Gasteiger partial charge in [0.15, 0.2) is 0 Å². The number of rotatable bonds is 5. The lowest BCUT2D eigenvalue weighted by Gasteiger charge is -2.26. The summed E-state index contributed by atoms with van der Waals surface area (Å²) < 4.78 is 6.83. The highest BCUT2D eigenvalue weighted by atomic mass is 32.1. The van der Waals surface area contributed by atoms with E-state index >= 15 is 0 Å². The van der Waals surface area contributed by atoms with Gasteiger partial charge in [-0.3, -0.25) is 9.36 Å². The molecule has 7 heteroatoms. The fourth-order valence-electron chi connectivity index (χ4n) is 4.24. The third-order valence-corrected chi connectivity index (χ3v) is 7.17. The Labute approximate surface area is 179 Å². The molecule has 0 radical (unpaired) electrons. The number of methoxy groups -OCH3 is 1. The molecule has 0 aliphatic heterocycles. The second kappa shape index (κ2) is 7.54. The average molecular weight is 427 g/mol. The monoisotopic (exact) mass is 426 g/mol. The lowest BCUT2D eigenvalue weighted by molar-refractivity contribution is -0.146. The van der Waals surface area contributed by atoms with Gasteiger partial charge in [-0.15, -0.1) is 11.3 Å². The number of aryl methyl sites for hydroxylation is 1. The molecule has 0 saturated heterocycles. The maximum atomic E-state index is 13.7. The van der Waals surface area contributed by atoms with Gasteiger partial charge in [0, 0.05) is 16.9 Å². The van der Waals surface area contributed by atoms with Crippen LogP contribution in [-0.4, -0.2) is 27.7 Å². The molecule has 1 aromatic carbocycles. The number of para-hydroxylation sites is 1. The van der Waals surface area contributed by atoms with Gasteiger partial charge in [-0.05, 0) is 50.7 Å². The summed E-state index contributed by atoms with van der Waals surface area (Å²) >= 11 is 1.58. The van der Waals surface area contributed by atoms with E-state index in [2.05, 4.69) is 6.92 Å². The third-order valence-electron chi connectivity index (χ3n) is 6.02. The van der Waals surface area contributed by atoms with Crippen molar-refractivity contribution in [2.75, 3.05) is 7.11 Å². The van der Waals surface area contributed by atoms with Gasteiger partial charge in [-0.25, -0.2) is 9.78 Å². The van der Waals surface area contributed by atoms with E-state index in [1.54, 1.807) is 32.3 Å². The predicted molar refractivity (Wildman–Crippen MR) is 118 cm³/mol. The quantitative estimate of drug-likeness (QED) is 0.667. The highest BCUT2D eigenvalue weighted by molar-refractivity contribution is 7.18. The van der Waals surface area contributed by atoms with Crippen LogP contribution in [0.1, 0.15) is 49.0 Å². The summed E-state index contributed by atoms with van der Waals surface area (Å²) in [7, 11) is 1.60. The predicted octanol–water partition coefficient (Wildman–Crippen LogP) is 4.00. The maximum absolute atomic E-state index is 13.7. The lowest BCUT2D eigenvalue weighted by Crippen LogP contribution is -2.45. The first-order chi connectivity index (χ1) is 14.2. The van der Waals surface area contributed by atoms with Crippen LogP contribution in [0.5, 0.6) is 5.75 Å². The Balaban J connectivity index is 1.99. The third kappa shape index (κ3) is 3.31. The molecule has 6 nitrogen and oxygen atoms in total. The van der Waals surface area contributed by atoms with E-state index in [0.29, 0.717) is 34.1 Å². The van der Waals surface area contributed by atoms with Gasteiger partial charge < -0.3 is 9.84 Å². The van der Waals surface area contributed by atoms with Crippen molar-refractivity contribution in [3.05, 3.63) is 56.4 Å². The van der Waals surface area contributed by atoms with Gasteiger partial charge in [0.25, 0.3) is 5.56 Å². The van der Waals surface area contributed by atoms with Crippen LogP contribution in [0.3, 0.4) is 0 Å². The molecule has 2 aromatic heterocycles. The molecule has 0 amide bonds. The molecule has 1 aliphatic carbocycles. The molecular weight excluding hydrogens is 400 g/mol. The van der Waals surface area contributed by atoms with Crippen molar-refractivity contribution in [3.63, 3.8) is 0 Å². The Kier molecular flexibility index (Phi) is 5.18. The first-order valence-corrected chi connectivity index (χ1v) is 11.0. The van der Waals surface area contributed by atoms with Gasteiger partial charge in [0.05, 0.1) is 12.5 Å². The van der Waals surface area contributed by atoms with E-state index in [9.17, 15) is 14.7 Å². The summed E-state index contributed by atoms with van der Waals surface area (Å²) in [6, 6.07) is 7.53. The molecular formula is C23H26N2O4S. The van der Waals surface area contributed by atoms with Gasteiger partial charge in [0.1, 0.15) is 21.9 Å². The van der Waals surface area contributed by atoms with Crippen LogP contribution in [0, 0.1) is 5.92 Å². The van der Waals surface area contributed by atoms with Crippen molar-refractivity contribution in [3.8, 4) is 5.75 Å². The Bertz CT molecular complexity index is 1190. The smallest absolute Gasteiger partial charge is 0.329 e. The number of aromatic nitrogens is 2. The molecule has 1 N–H and O–H groups in total. The Hall–Kier alpha value is -2.67. The number of ether oxygens (including phenoxy) is 1. The number of fused-ring (bicyclic) bond motifs is 3. The molecule has 0 fully saturated rings. The largest absolute Gasteiger partial charge is 0.496 e. The summed E-state index contributed by atoms with van der Waals surface area (Å²) in [6.07, 6.45) is 3.13. The molecule has 0 bridgehead atoms. The van der Waals surface area contributed by atoms with Crippen LogP contribution in [0.15, 0.2) is 29.1 Å². The molecule has 1 aliphatic rings. The lowest BCUT2D eigenvalue weighted by atomic mass is 9.89. The first kappa shape index (κ1) is 20.6. The van der Waals surface area contributed by atoms with Crippen molar-refractivity contribution in [1.82, 2.24) is 9.55 Å². The molecule has 1 unspecified atom stereocenters. The zero-order valence-electron chi connectivity index (χ0n) is 17.7. The minimum atomic E-state index is -1.42. The summed E-state index contributed by atoms with van der Waals surface area (Å²) in [5.74, 6) is 0.642. The first-order valence-electron chi connectivity index (χ1n) is 10.2. The number of carboxylic acids is 1. The number of aliphatic carboxylic acids is 1. The fraction of sp³-hybridized carbons (Fsp3) is 0.435. The van der Waals surface area contributed by atoms with E-state index in [0.717, 1.165) is 30.4 Å². The van der Waals surface area contributed by atoms with Crippen LogP contribution < -0.4 is 10.3 Å². The van der Waals surface area contributed by atoms with Gasteiger partial charge in [-0.2, -0.15) is 0 Å². The number of carbonyl (C=O) groups is 1. The van der Waals surface area contributed by atoms with E-state index in [1.807, 2.05) is 24.3 Å². The van der Waals surface area contributed by atoms with Crippen molar-refractivity contribution in [2.45, 2.75) is 52.0 Å². The molecule has 1 atom stereocenters. The standard InChI is InChI=1S/C23H26N2O4S/c1-13-9-10-15-17(11-13)30-20-19(15)21(26)25(23(2,3)22(27)28)18(24-20)12-14-7-5-6-8-16(14)29-4/h5-8,13H,9-12H2,1-4H3,(H,27,28). The highest BCUT2D eigenvalue weighted by Crippen LogP contribution is 2.36. The second-order valence-electron chi connectivity index (χ2n) is 8.55.